The summed E-state index contributed by atoms with van der Waals surface area (Å²) >= 11 is 0. The second-order valence-corrected chi connectivity index (χ2v) is 4.35. The minimum absolute atomic E-state index is 0.360. The van der Waals surface area contributed by atoms with Gasteiger partial charge in [-0.2, -0.15) is 0 Å². The monoisotopic (exact) mass is 238 g/mol. The lowest BCUT2D eigenvalue weighted by Crippen LogP contribution is -2.37. The van der Waals surface area contributed by atoms with Crippen molar-refractivity contribution in [2.24, 2.45) is 0 Å². The van der Waals surface area contributed by atoms with Crippen LogP contribution in [0.4, 0.5) is 8.78 Å². The highest BCUT2D eigenvalue weighted by Crippen LogP contribution is 2.33. The van der Waals surface area contributed by atoms with Crippen LogP contribution in [0.15, 0.2) is 12.1 Å². The van der Waals surface area contributed by atoms with Crippen molar-refractivity contribution >= 4 is 25.5 Å². The fraction of sp³-hybridized carbons (Fsp3) is 0. The van der Waals surface area contributed by atoms with Crippen LogP contribution in [0.25, 0.3) is 0 Å². The third kappa shape index (κ3) is 2.61. The molecule has 0 unspecified atom stereocenters. The highest BCUT2D eigenvalue weighted by Gasteiger charge is 2.27. The smallest absolute Gasteiger partial charge is 0.423 e. The Morgan fingerprint density at radius 3 is 1.80 bits per heavy atom. The molecule has 0 atom stereocenters. The van der Waals surface area contributed by atoms with Gasteiger partial charge in [0.2, 0.25) is 0 Å². The average Bonchev–Trinajstić information content (AvgIpc) is 1.99. The Balaban J connectivity index is 3.39. The molecule has 9 heteroatoms. The topological polar surface area (TPSA) is 98.0 Å². The Morgan fingerprint density at radius 2 is 1.53 bits per heavy atom. The standard InChI is InChI=1S/C6H6BF2O5P/c8-4-1-3(15(12,13)14)2-5(9)6(4)7(10)11/h1-2,10-11H,(H2,12,13,14). The fourth-order valence-corrected chi connectivity index (χ4v) is 1.55. The van der Waals surface area contributed by atoms with Gasteiger partial charge in [-0.15, -0.1) is 0 Å². The highest BCUT2D eigenvalue weighted by molar-refractivity contribution is 7.60. The molecule has 1 rings (SSSR count). The molecule has 0 amide bonds. The van der Waals surface area contributed by atoms with Crippen molar-refractivity contribution in [1.29, 1.82) is 0 Å². The summed E-state index contributed by atoms with van der Waals surface area (Å²) in [6.07, 6.45) is 0. The first kappa shape index (κ1) is 12.3. The second kappa shape index (κ2) is 4.00. The lowest BCUT2D eigenvalue weighted by molar-refractivity contribution is 0.386. The van der Waals surface area contributed by atoms with Crippen molar-refractivity contribution in [3.8, 4) is 0 Å². The summed E-state index contributed by atoms with van der Waals surface area (Å²) in [5.74, 6) is -2.85. The summed E-state index contributed by atoms with van der Waals surface area (Å²) in [7, 11) is -7.14. The summed E-state index contributed by atoms with van der Waals surface area (Å²) in [5, 5.41) is 16.3. The van der Waals surface area contributed by atoms with Gasteiger partial charge in [-0.25, -0.2) is 8.78 Å². The lowest BCUT2D eigenvalue weighted by atomic mass is 9.79. The molecule has 0 saturated carbocycles. The Labute approximate surface area is 83.3 Å². The van der Waals surface area contributed by atoms with Crippen molar-refractivity contribution in [3.63, 3.8) is 0 Å². The van der Waals surface area contributed by atoms with E-state index in [2.05, 4.69) is 0 Å². The molecule has 0 heterocycles. The molecule has 4 N–H and O–H groups in total. The Hall–Kier alpha value is -0.785. The van der Waals surface area contributed by atoms with Gasteiger partial charge in [-0.1, -0.05) is 0 Å². The number of halogens is 2. The predicted molar refractivity (Wildman–Crippen MR) is 47.9 cm³/mol. The molecular weight excluding hydrogens is 232 g/mol. The fourth-order valence-electron chi connectivity index (χ4n) is 0.986. The van der Waals surface area contributed by atoms with E-state index in [9.17, 15) is 13.3 Å². The van der Waals surface area contributed by atoms with Gasteiger partial charge < -0.3 is 19.8 Å². The van der Waals surface area contributed by atoms with Gasteiger partial charge in [-0.3, -0.25) is 4.57 Å². The van der Waals surface area contributed by atoms with E-state index in [4.69, 9.17) is 19.8 Å². The highest BCUT2D eigenvalue weighted by atomic mass is 31.2. The van der Waals surface area contributed by atoms with E-state index in [0.29, 0.717) is 12.1 Å². The molecule has 1 aromatic rings. The number of rotatable bonds is 2. The molecule has 0 saturated heterocycles. The quantitative estimate of drug-likeness (QED) is 0.369. The van der Waals surface area contributed by atoms with Gasteiger partial charge in [0.05, 0.1) is 10.8 Å². The predicted octanol–water partition coefficient (Wildman–Crippen LogP) is -1.55. The molecule has 0 aliphatic heterocycles. The summed E-state index contributed by atoms with van der Waals surface area (Å²) < 4.78 is 36.6. The first-order valence-corrected chi connectivity index (χ1v) is 5.26. The van der Waals surface area contributed by atoms with E-state index in [0.717, 1.165) is 0 Å². The normalized spacial score (nSPS) is 11.6. The van der Waals surface area contributed by atoms with Crippen LogP contribution in [0.5, 0.6) is 0 Å². The van der Waals surface area contributed by atoms with E-state index in [-0.39, 0.29) is 0 Å². The Kier molecular flexibility index (Phi) is 3.27. The van der Waals surface area contributed by atoms with E-state index >= 15 is 0 Å². The van der Waals surface area contributed by atoms with E-state index < -0.39 is 37.1 Å². The molecule has 15 heavy (non-hydrogen) atoms. The van der Waals surface area contributed by atoms with Crippen LogP contribution in [0, 0.1) is 11.6 Å². The van der Waals surface area contributed by atoms with Gasteiger partial charge in [0, 0.05) is 0 Å². The minimum Gasteiger partial charge on any atom is -0.423 e. The van der Waals surface area contributed by atoms with Gasteiger partial charge in [0.25, 0.3) is 0 Å². The molecular formula is C6H6BF2O5P. The Bertz CT molecular complexity index is 409. The zero-order valence-electron chi connectivity index (χ0n) is 7.13. The van der Waals surface area contributed by atoms with E-state index in [1.807, 2.05) is 0 Å². The molecule has 0 radical (unpaired) electrons. The number of hydrogen-bond donors (Lipinski definition) is 4. The van der Waals surface area contributed by atoms with E-state index in [1.165, 1.54) is 0 Å². The maximum atomic E-state index is 13.0. The third-order valence-corrected chi connectivity index (χ3v) is 2.59. The summed E-state index contributed by atoms with van der Waals surface area (Å²) in [6.45, 7) is 0. The second-order valence-electron chi connectivity index (χ2n) is 2.74. The van der Waals surface area contributed by atoms with Crippen LogP contribution in [0.3, 0.4) is 0 Å². The van der Waals surface area contributed by atoms with Crippen LogP contribution in [-0.4, -0.2) is 27.0 Å². The van der Waals surface area contributed by atoms with Crippen molar-refractivity contribution in [2.45, 2.75) is 0 Å². The molecule has 0 aliphatic carbocycles. The molecule has 82 valence electrons. The summed E-state index contributed by atoms with van der Waals surface area (Å²) in [5.41, 5.74) is -1.05. The van der Waals surface area contributed by atoms with Crippen molar-refractivity contribution in [3.05, 3.63) is 23.8 Å². The van der Waals surface area contributed by atoms with Crippen LogP contribution in [0.2, 0.25) is 0 Å². The van der Waals surface area contributed by atoms with Crippen LogP contribution < -0.4 is 10.8 Å². The van der Waals surface area contributed by atoms with E-state index in [1.54, 1.807) is 0 Å². The molecule has 0 aromatic heterocycles. The van der Waals surface area contributed by atoms with Crippen LogP contribution >= 0.6 is 7.60 Å². The van der Waals surface area contributed by atoms with Crippen molar-refractivity contribution in [2.75, 3.05) is 0 Å². The zero-order valence-corrected chi connectivity index (χ0v) is 8.03. The van der Waals surface area contributed by atoms with Crippen LogP contribution in [0.1, 0.15) is 0 Å². The summed E-state index contributed by atoms with van der Waals surface area (Å²) in [4.78, 5) is 17.2. The molecule has 0 bridgehead atoms. The largest absolute Gasteiger partial charge is 0.494 e. The average molecular weight is 238 g/mol. The first-order valence-electron chi connectivity index (χ1n) is 3.64. The third-order valence-electron chi connectivity index (χ3n) is 1.66. The molecule has 1 aromatic carbocycles. The maximum absolute atomic E-state index is 13.0. The number of hydrogen-bond acceptors (Lipinski definition) is 3. The SMILES string of the molecule is O=P(O)(O)c1cc(F)c(B(O)O)c(F)c1. The zero-order chi connectivity index (χ0) is 11.8. The van der Waals surface area contributed by atoms with Gasteiger partial charge in [-0.05, 0) is 12.1 Å². The molecule has 0 spiro atoms. The summed E-state index contributed by atoms with van der Waals surface area (Å²) in [6, 6.07) is 0.720. The Morgan fingerprint density at radius 1 is 1.13 bits per heavy atom. The van der Waals surface area contributed by atoms with Gasteiger partial charge >= 0.3 is 14.7 Å². The van der Waals surface area contributed by atoms with Gasteiger partial charge in [0.1, 0.15) is 11.6 Å². The maximum Gasteiger partial charge on any atom is 0.494 e. The van der Waals surface area contributed by atoms with Gasteiger partial charge in [0.15, 0.2) is 0 Å². The van der Waals surface area contributed by atoms with Crippen molar-refractivity contribution in [1.82, 2.24) is 0 Å². The molecule has 5 nitrogen and oxygen atoms in total. The molecule has 0 fully saturated rings. The number of benzene rings is 1. The first-order chi connectivity index (χ1) is 6.73. The van der Waals surface area contributed by atoms with Crippen LogP contribution in [-0.2, 0) is 4.57 Å². The van der Waals surface area contributed by atoms with Crippen molar-refractivity contribution < 1.29 is 33.2 Å². The minimum atomic E-state index is -4.77. The molecule has 0 aliphatic rings. The lowest BCUT2D eigenvalue weighted by Gasteiger charge is -2.08.